The molecule has 140 valence electrons. The lowest BCUT2D eigenvalue weighted by molar-refractivity contribution is 0.410. The van der Waals surface area contributed by atoms with Crippen LogP contribution in [0.2, 0.25) is 0 Å². The molecule has 27 heavy (non-hydrogen) atoms. The number of hydrogen-bond acceptors (Lipinski definition) is 7. The molecule has 8 nitrogen and oxygen atoms in total. The minimum absolute atomic E-state index is 0.322. The summed E-state index contributed by atoms with van der Waals surface area (Å²) in [6.45, 7) is 0.857. The van der Waals surface area contributed by atoms with Crippen molar-refractivity contribution in [3.05, 3.63) is 30.1 Å². The Bertz CT molecular complexity index is 973. The molecule has 3 heterocycles. The third kappa shape index (κ3) is 2.95. The molecule has 0 unspecified atom stereocenters. The zero-order valence-electron chi connectivity index (χ0n) is 15.2. The Kier molecular flexibility index (Phi) is 3.86. The number of hydrogen-bond donors (Lipinski definition) is 4. The minimum atomic E-state index is 0.322. The lowest BCUT2D eigenvalue weighted by Gasteiger charge is -2.27. The van der Waals surface area contributed by atoms with Crippen molar-refractivity contribution in [2.45, 2.75) is 44.2 Å². The number of nitrogens with zero attached hydrogens (tertiary/aromatic N) is 4. The van der Waals surface area contributed by atoms with Crippen molar-refractivity contribution in [3.63, 3.8) is 0 Å². The molecule has 8 heteroatoms. The zero-order valence-corrected chi connectivity index (χ0v) is 15.2. The second-order valence-electron chi connectivity index (χ2n) is 7.52. The summed E-state index contributed by atoms with van der Waals surface area (Å²) in [6.07, 6.45) is 6.79. The molecule has 1 saturated carbocycles. The Morgan fingerprint density at radius 1 is 1.15 bits per heavy atom. The van der Waals surface area contributed by atoms with Gasteiger partial charge in [0.25, 0.3) is 0 Å². The van der Waals surface area contributed by atoms with Crippen molar-refractivity contribution in [1.82, 2.24) is 19.9 Å². The van der Waals surface area contributed by atoms with Crippen LogP contribution in [0.15, 0.2) is 24.5 Å². The highest BCUT2D eigenvalue weighted by atomic mass is 15.3. The normalized spacial score (nSPS) is 22.2. The smallest absolute Gasteiger partial charge is 0.227 e. The number of aromatic amines is 1. The predicted octanol–water partition coefficient (Wildman–Crippen LogP) is 2.31. The monoisotopic (exact) mass is 364 g/mol. The lowest BCUT2D eigenvalue weighted by Crippen LogP contribution is -2.33. The number of benzene rings is 1. The van der Waals surface area contributed by atoms with Gasteiger partial charge in [-0.2, -0.15) is 9.97 Å². The molecule has 2 aliphatic rings. The average Bonchev–Trinajstić information content (AvgIpc) is 3.29. The van der Waals surface area contributed by atoms with Crippen LogP contribution in [0.1, 0.15) is 31.2 Å². The summed E-state index contributed by atoms with van der Waals surface area (Å²) in [5.74, 6) is 1.48. The quantitative estimate of drug-likeness (QED) is 0.526. The second-order valence-corrected chi connectivity index (χ2v) is 7.52. The van der Waals surface area contributed by atoms with Gasteiger partial charge in [-0.15, -0.1) is 0 Å². The van der Waals surface area contributed by atoms with Gasteiger partial charge >= 0.3 is 0 Å². The van der Waals surface area contributed by atoms with Crippen molar-refractivity contribution >= 4 is 34.3 Å². The molecular weight excluding hydrogens is 340 g/mol. The number of anilines is 4. The number of imidazole rings is 1. The fraction of sp³-hybridized carbons (Fsp3) is 0.421. The van der Waals surface area contributed by atoms with Crippen molar-refractivity contribution in [2.75, 3.05) is 22.5 Å². The molecule has 6 N–H and O–H groups in total. The van der Waals surface area contributed by atoms with E-state index in [2.05, 4.69) is 31.2 Å². The molecule has 3 aromatic rings. The van der Waals surface area contributed by atoms with Gasteiger partial charge in [0.1, 0.15) is 0 Å². The van der Waals surface area contributed by atoms with E-state index in [-0.39, 0.29) is 0 Å². The first-order valence-corrected chi connectivity index (χ1v) is 9.56. The Balaban J connectivity index is 1.50. The molecule has 0 saturated heterocycles. The van der Waals surface area contributed by atoms with Gasteiger partial charge in [0.15, 0.2) is 17.0 Å². The summed E-state index contributed by atoms with van der Waals surface area (Å²) in [4.78, 5) is 19.3. The van der Waals surface area contributed by atoms with Crippen LogP contribution >= 0.6 is 0 Å². The van der Waals surface area contributed by atoms with Crippen LogP contribution in [0.3, 0.4) is 0 Å². The van der Waals surface area contributed by atoms with Crippen LogP contribution in [0.4, 0.5) is 23.1 Å². The summed E-state index contributed by atoms with van der Waals surface area (Å²) in [6, 6.07) is 6.73. The molecule has 5 rings (SSSR count). The van der Waals surface area contributed by atoms with Gasteiger partial charge in [-0.05, 0) is 55.9 Å². The van der Waals surface area contributed by atoms with E-state index in [4.69, 9.17) is 16.5 Å². The highest BCUT2D eigenvalue weighted by molar-refractivity contribution is 5.88. The molecule has 2 aromatic heterocycles. The lowest BCUT2D eigenvalue weighted by atomic mass is 9.92. The fourth-order valence-corrected chi connectivity index (χ4v) is 4.16. The van der Waals surface area contributed by atoms with Crippen molar-refractivity contribution in [1.29, 1.82) is 0 Å². The minimum Gasteiger partial charge on any atom is -0.399 e. The molecule has 1 aromatic carbocycles. The Hall–Kier alpha value is -2.87. The van der Waals surface area contributed by atoms with Crippen LogP contribution in [0, 0.1) is 0 Å². The summed E-state index contributed by atoms with van der Waals surface area (Å²) >= 11 is 0. The van der Waals surface area contributed by atoms with Gasteiger partial charge in [-0.1, -0.05) is 0 Å². The molecular formula is C19H24N8. The first kappa shape index (κ1) is 16.3. The molecule has 1 aliphatic carbocycles. The van der Waals surface area contributed by atoms with Crippen molar-refractivity contribution < 1.29 is 0 Å². The average molecular weight is 364 g/mol. The van der Waals surface area contributed by atoms with Crippen LogP contribution in [-0.4, -0.2) is 38.6 Å². The van der Waals surface area contributed by atoms with E-state index in [1.165, 1.54) is 5.56 Å². The summed E-state index contributed by atoms with van der Waals surface area (Å²) in [5, 5.41) is 3.51. The van der Waals surface area contributed by atoms with Crippen LogP contribution in [0.25, 0.3) is 11.2 Å². The number of nitrogen functional groups attached to an aromatic ring is 1. The van der Waals surface area contributed by atoms with E-state index < -0.39 is 0 Å². The first-order chi connectivity index (χ1) is 13.2. The Morgan fingerprint density at radius 3 is 2.85 bits per heavy atom. The Labute approximate surface area is 157 Å². The fourth-order valence-electron chi connectivity index (χ4n) is 4.16. The molecule has 0 bridgehead atoms. The highest BCUT2D eigenvalue weighted by Gasteiger charge is 2.26. The topological polar surface area (TPSA) is 122 Å². The van der Waals surface area contributed by atoms with Crippen LogP contribution in [0.5, 0.6) is 0 Å². The van der Waals surface area contributed by atoms with E-state index >= 15 is 0 Å². The van der Waals surface area contributed by atoms with Crippen molar-refractivity contribution in [2.24, 2.45) is 5.73 Å². The van der Waals surface area contributed by atoms with Crippen LogP contribution < -0.4 is 21.7 Å². The van der Waals surface area contributed by atoms with Gasteiger partial charge in [0.2, 0.25) is 5.95 Å². The number of rotatable bonds is 3. The third-order valence-corrected chi connectivity index (χ3v) is 5.62. The van der Waals surface area contributed by atoms with Gasteiger partial charge in [0, 0.05) is 30.0 Å². The first-order valence-electron chi connectivity index (χ1n) is 9.56. The predicted molar refractivity (Wildman–Crippen MR) is 107 cm³/mol. The van der Waals surface area contributed by atoms with Gasteiger partial charge < -0.3 is 26.7 Å². The largest absolute Gasteiger partial charge is 0.399 e. The zero-order chi connectivity index (χ0) is 18.4. The van der Waals surface area contributed by atoms with E-state index in [0.29, 0.717) is 18.0 Å². The highest BCUT2D eigenvalue weighted by Crippen LogP contribution is 2.37. The molecule has 0 radical (unpaired) electrons. The standard InChI is InChI=1S/C19H24N8/c20-12-1-4-14(5-2-12)24-19-25-17-16(22-10-23-17)18(26-19)27-8-7-11-9-13(21)3-6-15(11)27/h3,6,9-10,12,14H,1-2,4-5,7-8,20-21H2,(H2,22,23,24,25,26)/t12-,14-. The molecule has 1 aliphatic heterocycles. The number of H-pyrrole nitrogens is 1. The van der Waals surface area contributed by atoms with Crippen molar-refractivity contribution in [3.8, 4) is 0 Å². The second kappa shape index (κ2) is 6.38. The molecule has 1 fully saturated rings. The summed E-state index contributed by atoms with van der Waals surface area (Å²) in [7, 11) is 0. The van der Waals surface area contributed by atoms with Crippen LogP contribution in [-0.2, 0) is 6.42 Å². The maximum atomic E-state index is 6.03. The molecule has 0 atom stereocenters. The molecule has 0 amide bonds. The summed E-state index contributed by atoms with van der Waals surface area (Å²) in [5.41, 5.74) is 16.7. The third-order valence-electron chi connectivity index (χ3n) is 5.62. The van der Waals surface area contributed by atoms with E-state index in [0.717, 1.165) is 67.0 Å². The van der Waals surface area contributed by atoms with E-state index in [1.54, 1.807) is 6.33 Å². The number of nitrogens with two attached hydrogens (primary N) is 2. The Morgan fingerprint density at radius 2 is 2.00 bits per heavy atom. The van der Waals surface area contributed by atoms with Gasteiger partial charge in [-0.25, -0.2) is 4.98 Å². The maximum absolute atomic E-state index is 6.03. The summed E-state index contributed by atoms with van der Waals surface area (Å²) < 4.78 is 0. The molecule has 0 spiro atoms. The number of aromatic nitrogens is 4. The SMILES string of the molecule is Nc1ccc2c(c1)CCN2c1nc(N[C@H]2CC[C@H](N)CC2)nc2[nH]cnc12. The number of fused-ring (bicyclic) bond motifs is 2. The number of nitrogens with one attached hydrogen (secondary N) is 2. The van der Waals surface area contributed by atoms with Gasteiger partial charge in [0.05, 0.1) is 6.33 Å². The van der Waals surface area contributed by atoms with Gasteiger partial charge in [-0.3, -0.25) is 0 Å². The van der Waals surface area contributed by atoms with E-state index in [9.17, 15) is 0 Å². The maximum Gasteiger partial charge on any atom is 0.227 e. The van der Waals surface area contributed by atoms with E-state index in [1.807, 2.05) is 12.1 Å².